The maximum absolute atomic E-state index is 13.2. The van der Waals surface area contributed by atoms with Gasteiger partial charge in [0.15, 0.2) is 0 Å². The fraction of sp³-hybridized carbons (Fsp3) is 0.278. The van der Waals surface area contributed by atoms with Gasteiger partial charge in [-0.1, -0.05) is 17.7 Å². The van der Waals surface area contributed by atoms with E-state index in [1.54, 1.807) is 13.0 Å². The van der Waals surface area contributed by atoms with Crippen LogP contribution in [0.2, 0.25) is 5.02 Å². The first-order chi connectivity index (χ1) is 12.3. The van der Waals surface area contributed by atoms with E-state index in [2.05, 4.69) is 5.32 Å². The molecular formula is C18H18ClFN2O3S. The molecule has 0 aliphatic carbocycles. The summed E-state index contributed by atoms with van der Waals surface area (Å²) in [5, 5.41) is 2.51. The van der Waals surface area contributed by atoms with Crippen molar-refractivity contribution in [1.82, 2.24) is 4.31 Å². The average Bonchev–Trinajstić information content (AvgIpc) is 3.13. The minimum atomic E-state index is -3.61. The average molecular weight is 397 g/mol. The Morgan fingerprint density at radius 2 is 1.85 bits per heavy atom. The summed E-state index contributed by atoms with van der Waals surface area (Å²) in [6.07, 6.45) is 1.67. The second kappa shape index (κ2) is 7.34. The molecule has 0 radical (unpaired) electrons. The molecule has 1 aliphatic heterocycles. The zero-order valence-corrected chi connectivity index (χ0v) is 15.7. The number of nitrogens with zero attached hydrogens (tertiary/aromatic N) is 1. The molecule has 0 bridgehead atoms. The lowest BCUT2D eigenvalue weighted by Gasteiger charge is -2.17. The van der Waals surface area contributed by atoms with Crippen LogP contribution in [-0.2, 0) is 10.0 Å². The van der Waals surface area contributed by atoms with Crippen molar-refractivity contribution in [1.29, 1.82) is 0 Å². The van der Waals surface area contributed by atoms with Gasteiger partial charge >= 0.3 is 0 Å². The van der Waals surface area contributed by atoms with E-state index in [1.165, 1.54) is 28.6 Å². The first-order valence-corrected chi connectivity index (χ1v) is 9.98. The molecule has 2 aromatic carbocycles. The number of benzene rings is 2. The lowest BCUT2D eigenvalue weighted by atomic mass is 10.1. The normalized spacial score (nSPS) is 15.2. The molecule has 0 unspecified atom stereocenters. The Morgan fingerprint density at radius 3 is 2.50 bits per heavy atom. The third kappa shape index (κ3) is 3.75. The number of nitrogens with one attached hydrogen (secondary N) is 1. The van der Waals surface area contributed by atoms with Crippen LogP contribution in [0.5, 0.6) is 0 Å². The molecule has 0 saturated carbocycles. The van der Waals surface area contributed by atoms with Crippen LogP contribution in [0.3, 0.4) is 0 Å². The van der Waals surface area contributed by atoms with Crippen LogP contribution < -0.4 is 5.32 Å². The van der Waals surface area contributed by atoms with Crippen molar-refractivity contribution in [2.24, 2.45) is 0 Å². The number of halogens is 2. The number of aryl methyl sites for hydroxylation is 1. The van der Waals surface area contributed by atoms with Gasteiger partial charge < -0.3 is 5.32 Å². The van der Waals surface area contributed by atoms with Gasteiger partial charge in [-0.3, -0.25) is 4.79 Å². The number of hydrogen-bond acceptors (Lipinski definition) is 3. The van der Waals surface area contributed by atoms with Crippen molar-refractivity contribution in [2.75, 3.05) is 18.4 Å². The summed E-state index contributed by atoms with van der Waals surface area (Å²) in [6.45, 7) is 2.70. The molecule has 1 saturated heterocycles. The van der Waals surface area contributed by atoms with E-state index in [-0.39, 0.29) is 15.5 Å². The van der Waals surface area contributed by atoms with E-state index < -0.39 is 21.7 Å². The van der Waals surface area contributed by atoms with Gasteiger partial charge in [0, 0.05) is 24.3 Å². The molecule has 1 N–H and O–H groups in total. The Balaban J connectivity index is 1.89. The Kier molecular flexibility index (Phi) is 5.32. The van der Waals surface area contributed by atoms with Gasteiger partial charge in [0.25, 0.3) is 5.91 Å². The first-order valence-electron chi connectivity index (χ1n) is 8.16. The predicted molar refractivity (Wildman–Crippen MR) is 98.5 cm³/mol. The number of carbonyl (C=O) groups is 1. The molecule has 3 rings (SSSR count). The summed E-state index contributed by atoms with van der Waals surface area (Å²) in [6, 6.07) is 8.33. The predicted octanol–water partition coefficient (Wildman–Crippen LogP) is 3.82. The van der Waals surface area contributed by atoms with E-state index >= 15 is 0 Å². The molecule has 0 spiro atoms. The number of anilines is 1. The fourth-order valence-electron chi connectivity index (χ4n) is 2.86. The molecular weight excluding hydrogens is 379 g/mol. The van der Waals surface area contributed by atoms with Gasteiger partial charge in [-0.25, -0.2) is 12.8 Å². The van der Waals surface area contributed by atoms with Crippen LogP contribution in [0.1, 0.15) is 28.8 Å². The van der Waals surface area contributed by atoms with Crippen LogP contribution in [0, 0.1) is 12.7 Å². The van der Waals surface area contributed by atoms with Crippen LogP contribution in [-0.4, -0.2) is 31.7 Å². The minimum absolute atomic E-state index is 0.0901. The van der Waals surface area contributed by atoms with Crippen molar-refractivity contribution in [3.8, 4) is 0 Å². The summed E-state index contributed by atoms with van der Waals surface area (Å²) < 4.78 is 40.1. The van der Waals surface area contributed by atoms with E-state index in [0.29, 0.717) is 24.3 Å². The monoisotopic (exact) mass is 396 g/mol. The number of sulfonamides is 1. The smallest absolute Gasteiger partial charge is 0.255 e. The summed E-state index contributed by atoms with van der Waals surface area (Å²) in [5.74, 6) is -1.07. The zero-order valence-electron chi connectivity index (χ0n) is 14.1. The largest absolute Gasteiger partial charge is 0.322 e. The highest BCUT2D eigenvalue weighted by atomic mass is 35.5. The SMILES string of the molecule is Cc1ccc(S(=O)(=O)N2CCCC2)cc1C(=O)Nc1ccc(F)c(Cl)c1. The quantitative estimate of drug-likeness (QED) is 0.854. The summed E-state index contributed by atoms with van der Waals surface area (Å²) in [5.41, 5.74) is 1.20. The lowest BCUT2D eigenvalue weighted by molar-refractivity contribution is 0.102. The maximum atomic E-state index is 13.2. The fourth-order valence-corrected chi connectivity index (χ4v) is 4.58. The third-order valence-electron chi connectivity index (χ3n) is 4.33. The molecule has 1 heterocycles. The van der Waals surface area contributed by atoms with E-state index in [0.717, 1.165) is 18.9 Å². The molecule has 0 aromatic heterocycles. The maximum Gasteiger partial charge on any atom is 0.255 e. The molecule has 8 heteroatoms. The van der Waals surface area contributed by atoms with Gasteiger partial charge in [-0.2, -0.15) is 4.31 Å². The Bertz CT molecular complexity index is 957. The van der Waals surface area contributed by atoms with Crippen LogP contribution in [0.15, 0.2) is 41.3 Å². The Hall–Kier alpha value is -1.96. The van der Waals surface area contributed by atoms with Crippen molar-refractivity contribution in [3.63, 3.8) is 0 Å². The topological polar surface area (TPSA) is 66.5 Å². The molecule has 2 aromatic rings. The van der Waals surface area contributed by atoms with Gasteiger partial charge in [-0.15, -0.1) is 0 Å². The van der Waals surface area contributed by atoms with E-state index in [9.17, 15) is 17.6 Å². The van der Waals surface area contributed by atoms with Crippen molar-refractivity contribution in [3.05, 3.63) is 58.4 Å². The summed E-state index contributed by atoms with van der Waals surface area (Å²) in [7, 11) is -3.61. The van der Waals surface area contributed by atoms with Gasteiger partial charge in [0.1, 0.15) is 5.82 Å². The highest BCUT2D eigenvalue weighted by molar-refractivity contribution is 7.89. The molecule has 0 atom stereocenters. The Morgan fingerprint density at radius 1 is 1.15 bits per heavy atom. The molecule has 1 amide bonds. The van der Waals surface area contributed by atoms with Crippen LogP contribution >= 0.6 is 11.6 Å². The van der Waals surface area contributed by atoms with Crippen molar-refractivity contribution >= 4 is 33.2 Å². The van der Waals surface area contributed by atoms with E-state index in [1.807, 2.05) is 0 Å². The summed E-state index contributed by atoms with van der Waals surface area (Å²) in [4.78, 5) is 12.7. The zero-order chi connectivity index (χ0) is 18.9. The number of amides is 1. The highest BCUT2D eigenvalue weighted by Gasteiger charge is 2.28. The number of hydrogen-bond donors (Lipinski definition) is 1. The molecule has 1 aliphatic rings. The van der Waals surface area contributed by atoms with Gasteiger partial charge in [0.2, 0.25) is 10.0 Å². The summed E-state index contributed by atoms with van der Waals surface area (Å²) >= 11 is 5.72. The van der Waals surface area contributed by atoms with Gasteiger partial charge in [-0.05, 0) is 55.7 Å². The molecule has 26 heavy (non-hydrogen) atoms. The van der Waals surface area contributed by atoms with Crippen LogP contribution in [0.4, 0.5) is 10.1 Å². The molecule has 138 valence electrons. The second-order valence-corrected chi connectivity index (χ2v) is 8.52. The van der Waals surface area contributed by atoms with E-state index in [4.69, 9.17) is 11.6 Å². The minimum Gasteiger partial charge on any atom is -0.322 e. The first kappa shape index (κ1) is 18.8. The molecule has 1 fully saturated rings. The van der Waals surface area contributed by atoms with Crippen molar-refractivity contribution < 1.29 is 17.6 Å². The second-order valence-electron chi connectivity index (χ2n) is 6.17. The number of rotatable bonds is 4. The lowest BCUT2D eigenvalue weighted by Crippen LogP contribution is -2.28. The van der Waals surface area contributed by atoms with Gasteiger partial charge in [0.05, 0.1) is 9.92 Å². The third-order valence-corrected chi connectivity index (χ3v) is 6.52. The number of carbonyl (C=O) groups excluding carboxylic acids is 1. The standard InChI is InChI=1S/C18H18ClFN2O3S/c1-12-4-6-14(26(24,25)22-8-2-3-9-22)11-15(12)18(23)21-13-5-7-17(20)16(19)10-13/h4-7,10-11H,2-3,8-9H2,1H3,(H,21,23). The molecule has 5 nitrogen and oxygen atoms in total. The van der Waals surface area contributed by atoms with Crippen LogP contribution in [0.25, 0.3) is 0 Å². The Labute approximate surface area is 156 Å². The van der Waals surface area contributed by atoms with Crippen molar-refractivity contribution in [2.45, 2.75) is 24.7 Å². The highest BCUT2D eigenvalue weighted by Crippen LogP contribution is 2.24.